The number of carbonyl (C=O) groups excluding carboxylic acids is 2. The average Bonchev–Trinajstić information content (AvgIpc) is 3.27. The minimum absolute atomic E-state index is 0.00370. The molecule has 1 amide bonds. The standard InChI is InChI=1S/C24H16N4O3/c1-2-12-27-18-11-7-6-10-16(18)24(23(27)30)17(13-25)21(26)28(15-8-4-3-5-9-15)19-14-31-22(29)20(19)24/h1,3-11H,12,14,26H2/t24-/m0/s1. The lowest BCUT2D eigenvalue weighted by molar-refractivity contribution is -0.137. The zero-order valence-electron chi connectivity index (χ0n) is 16.3. The Balaban J connectivity index is 1.88. The van der Waals surface area contributed by atoms with E-state index in [1.807, 2.05) is 30.3 Å². The van der Waals surface area contributed by atoms with Gasteiger partial charge >= 0.3 is 5.97 Å². The van der Waals surface area contributed by atoms with Crippen LogP contribution in [0.1, 0.15) is 5.56 Å². The minimum Gasteiger partial charge on any atom is -0.456 e. The van der Waals surface area contributed by atoms with Crippen molar-refractivity contribution >= 4 is 23.3 Å². The predicted molar refractivity (Wildman–Crippen MR) is 113 cm³/mol. The molecule has 5 rings (SSSR count). The summed E-state index contributed by atoms with van der Waals surface area (Å²) in [6.07, 6.45) is 5.51. The van der Waals surface area contributed by atoms with Crippen molar-refractivity contribution < 1.29 is 14.3 Å². The predicted octanol–water partition coefficient (Wildman–Crippen LogP) is 1.93. The van der Waals surface area contributed by atoms with Gasteiger partial charge in [-0.2, -0.15) is 5.26 Å². The number of esters is 1. The van der Waals surface area contributed by atoms with Gasteiger partial charge in [-0.25, -0.2) is 4.79 Å². The quantitative estimate of drug-likeness (QED) is 0.602. The van der Waals surface area contributed by atoms with Gasteiger partial charge in [-0.15, -0.1) is 6.42 Å². The Morgan fingerprint density at radius 1 is 1.13 bits per heavy atom. The van der Waals surface area contributed by atoms with E-state index in [0.717, 1.165) is 0 Å². The Hall–Kier alpha value is -4.49. The molecule has 2 aromatic carbocycles. The van der Waals surface area contributed by atoms with E-state index in [9.17, 15) is 14.9 Å². The molecule has 0 saturated carbocycles. The van der Waals surface area contributed by atoms with E-state index in [2.05, 4.69) is 12.0 Å². The number of nitriles is 1. The van der Waals surface area contributed by atoms with Gasteiger partial charge < -0.3 is 10.5 Å². The summed E-state index contributed by atoms with van der Waals surface area (Å²) in [5, 5.41) is 10.2. The topological polar surface area (TPSA) is 99.7 Å². The first-order valence-corrected chi connectivity index (χ1v) is 9.58. The summed E-state index contributed by atoms with van der Waals surface area (Å²) < 4.78 is 5.38. The molecule has 0 fully saturated rings. The van der Waals surface area contributed by atoms with Gasteiger partial charge in [-0.1, -0.05) is 42.3 Å². The lowest BCUT2D eigenvalue weighted by Crippen LogP contribution is -2.50. The van der Waals surface area contributed by atoms with Crippen molar-refractivity contribution in [2.75, 3.05) is 23.0 Å². The number of rotatable bonds is 2. The Labute approximate surface area is 178 Å². The van der Waals surface area contributed by atoms with Crippen LogP contribution in [0, 0.1) is 23.7 Å². The monoisotopic (exact) mass is 408 g/mol. The number of cyclic esters (lactones) is 1. The van der Waals surface area contributed by atoms with Gasteiger partial charge in [0, 0.05) is 16.9 Å². The van der Waals surface area contributed by atoms with Crippen LogP contribution in [0.2, 0.25) is 0 Å². The number of hydrogen-bond donors (Lipinski definition) is 1. The van der Waals surface area contributed by atoms with Crippen molar-refractivity contribution in [1.82, 2.24) is 0 Å². The van der Waals surface area contributed by atoms with Crippen LogP contribution in [0.5, 0.6) is 0 Å². The Morgan fingerprint density at radius 2 is 1.84 bits per heavy atom. The first kappa shape index (κ1) is 18.5. The van der Waals surface area contributed by atoms with Crippen LogP contribution in [-0.2, 0) is 19.7 Å². The average molecular weight is 408 g/mol. The van der Waals surface area contributed by atoms with Crippen molar-refractivity contribution in [3.63, 3.8) is 0 Å². The van der Waals surface area contributed by atoms with Crippen molar-refractivity contribution in [2.24, 2.45) is 5.73 Å². The fraction of sp³-hybridized carbons (Fsp3) is 0.125. The second-order valence-electron chi connectivity index (χ2n) is 7.30. The maximum absolute atomic E-state index is 13.9. The maximum Gasteiger partial charge on any atom is 0.338 e. The largest absolute Gasteiger partial charge is 0.456 e. The summed E-state index contributed by atoms with van der Waals surface area (Å²) >= 11 is 0. The first-order chi connectivity index (χ1) is 15.1. The molecule has 0 aromatic heterocycles. The zero-order chi connectivity index (χ0) is 21.8. The smallest absolute Gasteiger partial charge is 0.338 e. The molecule has 3 heterocycles. The van der Waals surface area contributed by atoms with E-state index in [1.54, 1.807) is 29.2 Å². The second kappa shape index (κ2) is 6.51. The van der Waals surface area contributed by atoms with E-state index in [4.69, 9.17) is 16.9 Å². The van der Waals surface area contributed by atoms with Crippen LogP contribution in [0.15, 0.2) is 77.3 Å². The zero-order valence-corrected chi connectivity index (χ0v) is 16.3. The Bertz CT molecular complexity index is 1300. The van der Waals surface area contributed by atoms with Gasteiger partial charge in [-0.3, -0.25) is 14.6 Å². The Kier molecular flexibility index (Phi) is 3.89. The van der Waals surface area contributed by atoms with E-state index in [1.165, 1.54) is 4.90 Å². The molecule has 1 atom stereocenters. The summed E-state index contributed by atoms with van der Waals surface area (Å²) in [5.74, 6) is 1.43. The number of nitrogens with two attached hydrogens (primary N) is 1. The van der Waals surface area contributed by atoms with Crippen LogP contribution in [0.25, 0.3) is 0 Å². The molecular formula is C24H16N4O3. The molecule has 2 N–H and O–H groups in total. The summed E-state index contributed by atoms with van der Waals surface area (Å²) in [6.45, 7) is -0.0644. The third-order valence-electron chi connectivity index (χ3n) is 5.89. The normalized spacial score (nSPS) is 21.7. The molecule has 0 radical (unpaired) electrons. The van der Waals surface area contributed by atoms with Gasteiger partial charge in [0.15, 0.2) is 0 Å². The van der Waals surface area contributed by atoms with Crippen LogP contribution >= 0.6 is 0 Å². The fourth-order valence-corrected chi connectivity index (χ4v) is 4.71. The molecule has 0 aliphatic carbocycles. The van der Waals surface area contributed by atoms with Gasteiger partial charge in [-0.05, 0) is 18.2 Å². The number of anilines is 2. The molecule has 2 aromatic rings. The van der Waals surface area contributed by atoms with E-state index < -0.39 is 17.3 Å². The molecular weight excluding hydrogens is 392 g/mol. The molecule has 7 heteroatoms. The van der Waals surface area contributed by atoms with E-state index in [0.29, 0.717) is 22.6 Å². The first-order valence-electron chi connectivity index (χ1n) is 9.58. The minimum atomic E-state index is -1.69. The number of terminal acetylenes is 1. The van der Waals surface area contributed by atoms with Crippen LogP contribution < -0.4 is 15.5 Å². The summed E-state index contributed by atoms with van der Waals surface area (Å²) in [5.41, 5.74) is 7.07. The van der Waals surface area contributed by atoms with Crippen LogP contribution in [-0.4, -0.2) is 25.0 Å². The maximum atomic E-state index is 13.9. The molecule has 0 unspecified atom stereocenters. The van der Waals surface area contributed by atoms with E-state index in [-0.39, 0.29) is 30.1 Å². The number of nitrogens with zero attached hydrogens (tertiary/aromatic N) is 3. The highest BCUT2D eigenvalue weighted by Crippen LogP contribution is 2.56. The lowest BCUT2D eigenvalue weighted by Gasteiger charge is -2.38. The van der Waals surface area contributed by atoms with Gasteiger partial charge in [0.05, 0.1) is 23.4 Å². The molecule has 3 aliphatic rings. The summed E-state index contributed by atoms with van der Waals surface area (Å²) in [6, 6.07) is 18.2. The van der Waals surface area contributed by atoms with Gasteiger partial charge in [0.25, 0.3) is 0 Å². The molecule has 0 bridgehead atoms. The SMILES string of the molecule is C#CCN1C(=O)[C@]2(C(C#N)=C(N)N(c3ccccc3)C3=C2C(=O)OC3)c2ccccc21. The number of carbonyl (C=O) groups is 2. The number of ether oxygens (including phenoxy) is 1. The number of benzene rings is 2. The highest BCUT2D eigenvalue weighted by atomic mass is 16.5. The summed E-state index contributed by atoms with van der Waals surface area (Å²) in [4.78, 5) is 30.0. The van der Waals surface area contributed by atoms with Gasteiger partial charge in [0.2, 0.25) is 5.91 Å². The third kappa shape index (κ3) is 2.18. The highest BCUT2D eigenvalue weighted by Gasteiger charge is 2.63. The lowest BCUT2D eigenvalue weighted by atomic mass is 9.67. The third-order valence-corrected chi connectivity index (χ3v) is 5.89. The number of para-hydroxylation sites is 2. The molecule has 31 heavy (non-hydrogen) atoms. The van der Waals surface area contributed by atoms with Crippen LogP contribution in [0.4, 0.5) is 11.4 Å². The van der Waals surface area contributed by atoms with Crippen LogP contribution in [0.3, 0.4) is 0 Å². The second-order valence-corrected chi connectivity index (χ2v) is 7.30. The fourth-order valence-electron chi connectivity index (χ4n) is 4.71. The molecule has 150 valence electrons. The molecule has 7 nitrogen and oxygen atoms in total. The van der Waals surface area contributed by atoms with Crippen molar-refractivity contribution in [1.29, 1.82) is 5.26 Å². The molecule has 3 aliphatic heterocycles. The van der Waals surface area contributed by atoms with Crippen molar-refractivity contribution in [3.05, 3.63) is 82.8 Å². The van der Waals surface area contributed by atoms with Gasteiger partial charge in [0.1, 0.15) is 23.9 Å². The highest BCUT2D eigenvalue weighted by molar-refractivity contribution is 6.20. The van der Waals surface area contributed by atoms with E-state index >= 15 is 0 Å². The van der Waals surface area contributed by atoms with Crippen molar-refractivity contribution in [3.8, 4) is 18.4 Å². The number of amides is 1. The molecule has 0 saturated heterocycles. The number of hydrogen-bond acceptors (Lipinski definition) is 6. The molecule has 1 spiro atoms. The summed E-state index contributed by atoms with van der Waals surface area (Å²) in [7, 11) is 0. The Morgan fingerprint density at radius 3 is 2.55 bits per heavy atom. The number of fused-ring (bicyclic) bond motifs is 3. The van der Waals surface area contributed by atoms with Crippen molar-refractivity contribution in [2.45, 2.75) is 5.41 Å².